The highest BCUT2D eigenvalue weighted by Crippen LogP contribution is 2.24. The zero-order valence-electron chi connectivity index (χ0n) is 21.4. The van der Waals surface area contributed by atoms with E-state index in [1.54, 1.807) is 11.8 Å². The van der Waals surface area contributed by atoms with Crippen LogP contribution in [0.5, 0.6) is 0 Å². The van der Waals surface area contributed by atoms with E-state index in [1.165, 1.54) is 51.4 Å². The van der Waals surface area contributed by atoms with Gasteiger partial charge in [-0.05, 0) is 44.2 Å². The molecule has 2 bridgehead atoms. The molecule has 2 fully saturated rings. The van der Waals surface area contributed by atoms with E-state index in [4.69, 9.17) is 9.72 Å². The van der Waals surface area contributed by atoms with E-state index in [0.717, 1.165) is 55.3 Å². The van der Waals surface area contributed by atoms with Gasteiger partial charge in [0.1, 0.15) is 0 Å². The summed E-state index contributed by atoms with van der Waals surface area (Å²) in [6.07, 6.45) is 12.0. The third-order valence-corrected chi connectivity index (χ3v) is 8.53. The minimum Gasteiger partial charge on any atom is -0.465 e. The molecule has 0 radical (unpaired) electrons. The third kappa shape index (κ3) is 8.71. The first-order valence-corrected chi connectivity index (χ1v) is 14.9. The van der Waals surface area contributed by atoms with Crippen molar-refractivity contribution in [3.05, 3.63) is 23.5 Å². The Kier molecular flexibility index (Phi) is 11.1. The minimum atomic E-state index is -0.134. The number of hydrogen-bond donors (Lipinski definition) is 4. The number of pyridine rings is 1. The first kappa shape index (κ1) is 26.9. The highest BCUT2D eigenvalue weighted by atomic mass is 32.2. The second-order valence-electron chi connectivity index (χ2n) is 10.3. The van der Waals surface area contributed by atoms with Gasteiger partial charge < -0.3 is 26.0 Å². The molecule has 7 nitrogen and oxygen atoms in total. The van der Waals surface area contributed by atoms with Crippen LogP contribution in [-0.4, -0.2) is 60.6 Å². The molecule has 2 saturated carbocycles. The van der Waals surface area contributed by atoms with Gasteiger partial charge in [-0.25, -0.2) is 0 Å². The Labute approximate surface area is 215 Å². The molecule has 4 N–H and O–H groups in total. The van der Waals surface area contributed by atoms with Crippen LogP contribution in [0.2, 0.25) is 0 Å². The van der Waals surface area contributed by atoms with Crippen molar-refractivity contribution < 1.29 is 9.53 Å². The lowest BCUT2D eigenvalue weighted by atomic mass is 9.89. The number of nitrogens with zero attached hydrogens (tertiary/aromatic N) is 1. The summed E-state index contributed by atoms with van der Waals surface area (Å²) in [5.41, 5.74) is 2.12. The second-order valence-corrected chi connectivity index (χ2v) is 11.4. The van der Waals surface area contributed by atoms with Gasteiger partial charge in [-0.3, -0.25) is 9.78 Å². The Morgan fingerprint density at radius 1 is 0.886 bits per heavy atom. The summed E-state index contributed by atoms with van der Waals surface area (Å²) in [6, 6.07) is 6.29. The number of ether oxygens (including phenoxy) is 1. The Bertz CT molecular complexity index is 747. The summed E-state index contributed by atoms with van der Waals surface area (Å²) >= 11 is 1.56. The van der Waals surface area contributed by atoms with E-state index in [0.29, 0.717) is 36.5 Å². The van der Waals surface area contributed by atoms with Crippen molar-refractivity contribution in [1.29, 1.82) is 0 Å². The fourth-order valence-electron chi connectivity index (χ4n) is 5.62. The van der Waals surface area contributed by atoms with Gasteiger partial charge in [0.2, 0.25) is 0 Å². The summed E-state index contributed by atoms with van der Waals surface area (Å²) in [5.74, 6) is 0.210. The van der Waals surface area contributed by atoms with E-state index in [2.05, 4.69) is 40.3 Å². The number of fused-ring (bicyclic) bond motifs is 4. The SMILES string of the molecule is CCCCOC(=O)CSc1cc2nc(c1)CN[C@@H]1CCCC[C@H]1NCCNC1CCCCC1NC2. The number of hydrogen-bond acceptors (Lipinski definition) is 8. The van der Waals surface area contributed by atoms with E-state index < -0.39 is 0 Å². The van der Waals surface area contributed by atoms with Gasteiger partial charge in [0.25, 0.3) is 0 Å². The molecule has 4 rings (SSSR count). The maximum Gasteiger partial charge on any atom is 0.316 e. The minimum absolute atomic E-state index is 0.134. The quantitative estimate of drug-likeness (QED) is 0.267. The third-order valence-electron chi connectivity index (χ3n) is 7.58. The Hall–Kier alpha value is -1.19. The largest absolute Gasteiger partial charge is 0.465 e. The average Bonchev–Trinajstić information content (AvgIpc) is 2.88. The normalized spacial score (nSPS) is 28.1. The predicted molar refractivity (Wildman–Crippen MR) is 143 cm³/mol. The van der Waals surface area contributed by atoms with Crippen LogP contribution in [0.3, 0.4) is 0 Å². The van der Waals surface area contributed by atoms with Crippen molar-refractivity contribution in [1.82, 2.24) is 26.3 Å². The summed E-state index contributed by atoms with van der Waals surface area (Å²) in [4.78, 5) is 18.3. The molecule has 0 spiro atoms. The van der Waals surface area contributed by atoms with Crippen molar-refractivity contribution in [3.63, 3.8) is 0 Å². The number of esters is 1. The van der Waals surface area contributed by atoms with Crippen LogP contribution >= 0.6 is 11.8 Å². The molecule has 8 heteroatoms. The standard InChI is InChI=1S/C27H45N5O2S/c1-2-3-14-34-27(33)19-35-22-15-20-17-30-25-10-6-4-8-23(25)28-12-13-29-24-9-5-7-11-26(24)31-18-21(16-22)32-20/h15-16,23-26,28-31H,2-14,17-19H2,1H3/t23-,24?,25-,26?/m1/s1. The molecule has 3 aliphatic rings. The fraction of sp³-hybridized carbons (Fsp3) is 0.778. The maximum absolute atomic E-state index is 12.2. The van der Waals surface area contributed by atoms with Crippen molar-refractivity contribution >= 4 is 17.7 Å². The van der Waals surface area contributed by atoms with Gasteiger partial charge in [-0.2, -0.15) is 0 Å². The molecule has 2 heterocycles. The zero-order chi connectivity index (χ0) is 24.3. The van der Waals surface area contributed by atoms with Gasteiger partial charge in [0.15, 0.2) is 0 Å². The van der Waals surface area contributed by atoms with Crippen LogP contribution in [0.4, 0.5) is 0 Å². The van der Waals surface area contributed by atoms with Crippen LogP contribution in [0.25, 0.3) is 0 Å². The van der Waals surface area contributed by atoms with Gasteiger partial charge >= 0.3 is 5.97 Å². The van der Waals surface area contributed by atoms with Crippen LogP contribution in [0, 0.1) is 0 Å². The van der Waals surface area contributed by atoms with Crippen LogP contribution in [0.15, 0.2) is 17.0 Å². The highest BCUT2D eigenvalue weighted by molar-refractivity contribution is 8.00. The van der Waals surface area contributed by atoms with Crippen molar-refractivity contribution in [2.24, 2.45) is 0 Å². The molecule has 1 aromatic heterocycles. The molecule has 2 unspecified atom stereocenters. The maximum atomic E-state index is 12.2. The van der Waals surface area contributed by atoms with E-state index in [9.17, 15) is 4.79 Å². The van der Waals surface area contributed by atoms with Gasteiger partial charge in [0, 0.05) is 55.2 Å². The summed E-state index contributed by atoms with van der Waals surface area (Å²) in [7, 11) is 0. The number of carbonyl (C=O) groups excluding carboxylic acids is 1. The monoisotopic (exact) mass is 503 g/mol. The topological polar surface area (TPSA) is 87.3 Å². The Morgan fingerprint density at radius 2 is 1.40 bits per heavy atom. The van der Waals surface area contributed by atoms with Crippen molar-refractivity contribution in [2.45, 2.75) is 113 Å². The molecule has 0 amide bonds. The number of nitrogens with one attached hydrogen (secondary N) is 4. The Balaban J connectivity index is 1.47. The molecule has 2 aliphatic carbocycles. The second kappa shape index (κ2) is 14.5. The lowest BCUT2D eigenvalue weighted by Gasteiger charge is -2.34. The predicted octanol–water partition coefficient (Wildman–Crippen LogP) is 3.51. The number of rotatable bonds is 6. The first-order chi connectivity index (χ1) is 17.2. The number of aromatic nitrogens is 1. The highest BCUT2D eigenvalue weighted by Gasteiger charge is 2.27. The molecule has 196 valence electrons. The molecule has 35 heavy (non-hydrogen) atoms. The van der Waals surface area contributed by atoms with Crippen LogP contribution in [-0.2, 0) is 22.6 Å². The van der Waals surface area contributed by atoms with Gasteiger partial charge in [0.05, 0.1) is 23.7 Å². The van der Waals surface area contributed by atoms with E-state index in [-0.39, 0.29) is 5.97 Å². The van der Waals surface area contributed by atoms with Crippen molar-refractivity contribution in [2.75, 3.05) is 25.4 Å². The summed E-state index contributed by atoms with van der Waals surface area (Å²) < 4.78 is 5.36. The van der Waals surface area contributed by atoms with Crippen LogP contribution in [0.1, 0.15) is 82.5 Å². The van der Waals surface area contributed by atoms with Gasteiger partial charge in [-0.15, -0.1) is 11.8 Å². The fourth-order valence-corrected chi connectivity index (χ4v) is 6.43. The summed E-state index contributed by atoms with van der Waals surface area (Å²) in [5, 5.41) is 15.3. The summed E-state index contributed by atoms with van der Waals surface area (Å²) in [6.45, 7) is 6.18. The molecular formula is C27H45N5O2S. The van der Waals surface area contributed by atoms with Crippen LogP contribution < -0.4 is 21.3 Å². The van der Waals surface area contributed by atoms with Gasteiger partial charge in [-0.1, -0.05) is 39.0 Å². The average molecular weight is 504 g/mol. The van der Waals surface area contributed by atoms with Crippen molar-refractivity contribution in [3.8, 4) is 0 Å². The first-order valence-electron chi connectivity index (χ1n) is 13.9. The molecular weight excluding hydrogens is 458 g/mol. The molecule has 4 atom stereocenters. The van der Waals surface area contributed by atoms with E-state index >= 15 is 0 Å². The Morgan fingerprint density at radius 3 is 1.91 bits per heavy atom. The lowest BCUT2D eigenvalue weighted by molar-refractivity contribution is -0.140. The number of unbranched alkanes of at least 4 members (excludes halogenated alkanes) is 1. The number of carbonyl (C=O) groups is 1. The molecule has 0 aromatic carbocycles. The zero-order valence-corrected chi connectivity index (χ0v) is 22.3. The molecule has 0 saturated heterocycles. The molecule has 1 aromatic rings. The molecule has 1 aliphatic heterocycles. The number of thioether (sulfide) groups is 1. The van der Waals surface area contributed by atoms with E-state index in [1.807, 2.05) is 0 Å². The lowest BCUT2D eigenvalue weighted by Crippen LogP contribution is -2.53. The smallest absolute Gasteiger partial charge is 0.316 e.